The van der Waals surface area contributed by atoms with Gasteiger partial charge >= 0.3 is 12.1 Å². The minimum atomic E-state index is -4.45. The first-order chi connectivity index (χ1) is 65.1. The van der Waals surface area contributed by atoms with Gasteiger partial charge in [0.05, 0.1) is 64.7 Å². The number of ether oxygens (including phenoxy) is 4. The summed E-state index contributed by atoms with van der Waals surface area (Å²) in [5.74, 6) is 10.3. The van der Waals surface area contributed by atoms with Crippen LogP contribution in [0.4, 0.5) is 30.2 Å². The van der Waals surface area contributed by atoms with E-state index in [2.05, 4.69) is 201 Å². The molecule has 0 saturated carbocycles. The van der Waals surface area contributed by atoms with Crippen molar-refractivity contribution in [3.63, 3.8) is 0 Å². The molecule has 0 bridgehead atoms. The molecule has 3 unspecified atom stereocenters. The smallest absolute Gasteiger partial charge is 0.416 e. The number of phenols is 1. The van der Waals surface area contributed by atoms with E-state index in [1.54, 1.807) is 26.2 Å². The summed E-state index contributed by atoms with van der Waals surface area (Å²) in [6.45, 7) is 30.3. The summed E-state index contributed by atoms with van der Waals surface area (Å²) in [6, 6.07) is 65.6. The molecule has 135 heavy (non-hydrogen) atoms. The van der Waals surface area contributed by atoms with Gasteiger partial charge in [0.1, 0.15) is 29.1 Å². The first-order valence-electron chi connectivity index (χ1n) is 45.5. The third-order valence-electron chi connectivity index (χ3n) is 21.5. The van der Waals surface area contributed by atoms with Gasteiger partial charge in [0, 0.05) is 118 Å². The molecule has 33 heteroatoms. The van der Waals surface area contributed by atoms with Gasteiger partial charge in [-0.25, -0.2) is 4.79 Å². The van der Waals surface area contributed by atoms with E-state index in [9.17, 15) is 27.9 Å². The summed E-state index contributed by atoms with van der Waals surface area (Å²) in [5.41, 5.74) is 8.14. The highest BCUT2D eigenvalue weighted by Gasteiger charge is 2.33. The number of fused-ring (bicyclic) bond motifs is 1. The molecule has 3 atom stereocenters. The highest BCUT2D eigenvalue weighted by Crippen LogP contribution is 2.41. The number of halogens is 3. The number of ketones is 1. The molecule has 0 radical (unpaired) electrons. The number of aryl methyl sites for hydroxylation is 5. The number of hydrogen-bond acceptors (Lipinski definition) is 30. The number of carbonyl (C=O) groups excluding carboxylic acids is 2. The number of hydrogen-bond donors (Lipinski definition) is 2. The van der Waals surface area contributed by atoms with Crippen LogP contribution in [0.1, 0.15) is 220 Å². The molecule has 2 N–H and O–H groups in total. The van der Waals surface area contributed by atoms with Crippen molar-refractivity contribution in [1.82, 2.24) is 70.6 Å². The van der Waals surface area contributed by atoms with Crippen LogP contribution in [-0.4, -0.2) is 128 Å². The van der Waals surface area contributed by atoms with E-state index in [1.807, 2.05) is 130 Å². The first kappa shape index (κ1) is 102. The second-order valence-corrected chi connectivity index (χ2v) is 33.8. The SMILES string of the molecule is CC(=O)Cc1ccc(C(F)(F)F)cc1NCc1nc(C)no1.CC(C)COC(C)c1noc(CN(Cc2ccccc2O)C(C)c2ccccc2)n1.CCc1noc(CN(CCN(Cc2nc(CC)no2)c2ccccc2)c2ccccc2)n1.COC(=O)c1cccc(CCc2nc(CC(C)C)no2)c1.COc1ccc2c(c1)C(N(Cc1ccccc1)Cc1nc(CC(C)C)no1)CCO2. The maximum absolute atomic E-state index is 12.8. The summed E-state index contributed by atoms with van der Waals surface area (Å²) >= 11 is 0. The topological polar surface area (TPSA) is 350 Å². The molecule has 7 heterocycles. The number of aromatic nitrogens is 12. The fourth-order valence-corrected chi connectivity index (χ4v) is 14.6. The Kier molecular flexibility index (Phi) is 38.8. The molecule has 30 nitrogen and oxygen atoms in total. The predicted molar refractivity (Wildman–Crippen MR) is 503 cm³/mol. The Morgan fingerprint density at radius 2 is 1.07 bits per heavy atom. The van der Waals surface area contributed by atoms with E-state index in [1.165, 1.54) is 31.2 Å². The highest BCUT2D eigenvalue weighted by atomic mass is 19.4. The number of nitrogens with one attached hydrogen (secondary N) is 1. The number of alkyl halides is 3. The number of carbonyl (C=O) groups is 2. The van der Waals surface area contributed by atoms with Gasteiger partial charge in [0.25, 0.3) is 0 Å². The van der Waals surface area contributed by atoms with E-state index in [0.717, 1.165) is 133 Å². The lowest BCUT2D eigenvalue weighted by Gasteiger charge is -2.35. The Bertz CT molecular complexity index is 5780. The second kappa shape index (κ2) is 51.5. The predicted octanol–water partition coefficient (Wildman–Crippen LogP) is 20.3. The number of nitrogens with zero attached hydrogens (tertiary/aromatic N) is 16. The molecule has 6 aromatic heterocycles. The standard InChI is InChI=1S/C24H28N6O2.C24H29N3O3.C24H31N3O3.C16H20N2O3.C14H14F3N3O2/c1-3-21-25-23(31-27-21)17-29(19-11-7-5-8-12-19)15-16-30(20-13-9-6-10-14-20)18-24-26-22(4-2)28-32-24;1-17(2)13-23-25-24(30-26-23)16-27(15-18-7-5-4-6-8-18)21-11-12-29-22-10-9-19(28-3)14-20(21)22;1-17(2)16-29-19(4)24-25-23(30-26-24)15-27(14-21-12-8-9-13-22(21)28)18(3)20-10-6-5-7-11-20;1-11(2)9-14-17-15(21-18-14)8-7-12-5-4-6-13(10-12)16(19)20-3;1-8(21)5-10-3-4-11(14(15,16)17)6-12(10)18-7-13-19-9(2)20-22-13/h5-14H,3-4,15-18H2,1-2H3;4-10,14,17,21H,11-13,15-16H2,1-3H3;5-13,17-19,28H,14-16H2,1-4H3;4-6,10-11H,7-9H2,1-3H3;3-4,6,18H,5,7H2,1-2H3. The molecule has 0 fully saturated rings. The van der Waals surface area contributed by atoms with Crippen molar-refractivity contribution in [2.24, 2.45) is 17.8 Å². The second-order valence-electron chi connectivity index (χ2n) is 33.8. The van der Waals surface area contributed by atoms with Gasteiger partial charge in [0.15, 0.2) is 34.9 Å². The summed E-state index contributed by atoms with van der Waals surface area (Å²) in [5, 5.41) is 37.0. The maximum atomic E-state index is 12.8. The summed E-state index contributed by atoms with van der Waals surface area (Å²) in [4.78, 5) is 58.3. The Morgan fingerprint density at radius 3 is 1.64 bits per heavy atom. The molecule has 15 rings (SSSR count). The lowest BCUT2D eigenvalue weighted by Crippen LogP contribution is -2.35. The molecule has 0 aliphatic carbocycles. The number of anilines is 3. The van der Waals surface area contributed by atoms with Crippen molar-refractivity contribution < 1.29 is 74.0 Å². The zero-order chi connectivity index (χ0) is 96.2. The van der Waals surface area contributed by atoms with E-state index >= 15 is 0 Å². The summed E-state index contributed by atoms with van der Waals surface area (Å²) in [7, 11) is 3.07. The molecule has 0 amide bonds. The Morgan fingerprint density at radius 1 is 0.526 bits per heavy atom. The van der Waals surface area contributed by atoms with Crippen molar-refractivity contribution >= 4 is 28.8 Å². The number of Topliss-reactive ketones (excluding diaryl/α,β-unsaturated/α-hetero) is 1. The van der Waals surface area contributed by atoms with Crippen molar-refractivity contribution in [2.75, 3.05) is 55.6 Å². The van der Waals surface area contributed by atoms with Crippen LogP contribution in [0.3, 0.4) is 0 Å². The average Bonchev–Trinajstić information content (AvgIpc) is 1.72. The number of aromatic hydroxyl groups is 1. The number of esters is 1. The molecule has 1 aliphatic rings. The van der Waals surface area contributed by atoms with Crippen LogP contribution in [0.25, 0.3) is 0 Å². The molecule has 1 aliphatic heterocycles. The van der Waals surface area contributed by atoms with Crippen molar-refractivity contribution in [3.05, 3.63) is 321 Å². The zero-order valence-corrected chi connectivity index (χ0v) is 79.2. The lowest BCUT2D eigenvalue weighted by molar-refractivity contribution is -0.137. The monoisotopic (exact) mass is 1850 g/mol. The van der Waals surface area contributed by atoms with E-state index in [-0.39, 0.29) is 60.2 Å². The molecule has 8 aromatic carbocycles. The van der Waals surface area contributed by atoms with Gasteiger partial charge < -0.3 is 66.3 Å². The Balaban J connectivity index is 0.000000164. The van der Waals surface area contributed by atoms with Gasteiger partial charge in [-0.1, -0.05) is 220 Å². The minimum Gasteiger partial charge on any atom is -0.508 e. The van der Waals surface area contributed by atoms with Gasteiger partial charge in [0.2, 0.25) is 35.3 Å². The molecule has 714 valence electrons. The molecule has 0 spiro atoms. The third-order valence-corrected chi connectivity index (χ3v) is 21.5. The van der Waals surface area contributed by atoms with E-state index < -0.39 is 11.7 Å². The molecular weight excluding hydrogens is 1730 g/mol. The number of para-hydroxylation sites is 3. The number of phenolic OH excluding ortho intramolecular Hbond substituents is 1. The fraction of sp³-hybridized carbons (Fsp3) is 0.392. The van der Waals surface area contributed by atoms with E-state index in [4.69, 9.17) is 46.1 Å². The normalized spacial score (nSPS) is 12.7. The van der Waals surface area contributed by atoms with Gasteiger partial charge in [-0.15, -0.1) is 0 Å². The average molecular weight is 1850 g/mol. The van der Waals surface area contributed by atoms with Crippen LogP contribution in [0.2, 0.25) is 0 Å². The highest BCUT2D eigenvalue weighted by molar-refractivity contribution is 5.89. The maximum Gasteiger partial charge on any atom is 0.416 e. The van der Waals surface area contributed by atoms with Gasteiger partial charge in [-0.05, 0) is 147 Å². The summed E-state index contributed by atoms with van der Waals surface area (Å²) in [6.07, 6.45) is 0.810. The number of methoxy groups -OCH3 is 2. The third kappa shape index (κ3) is 32.5. The van der Waals surface area contributed by atoms with Gasteiger partial charge in [-0.2, -0.15) is 43.1 Å². The quantitative estimate of drug-likeness (QED) is 0.0337. The number of benzene rings is 8. The Labute approximate surface area is 785 Å². The zero-order valence-electron chi connectivity index (χ0n) is 79.2. The van der Waals surface area contributed by atoms with Crippen molar-refractivity contribution in [1.29, 1.82) is 0 Å². The van der Waals surface area contributed by atoms with Crippen molar-refractivity contribution in [3.8, 4) is 17.2 Å². The van der Waals surface area contributed by atoms with Crippen LogP contribution in [-0.2, 0) is 111 Å². The molecular formula is C102H122F3N17O13. The van der Waals surface area contributed by atoms with Gasteiger partial charge in [-0.3, -0.25) is 14.6 Å². The van der Waals surface area contributed by atoms with Crippen LogP contribution in [0, 0.1) is 24.7 Å². The first-order valence-corrected chi connectivity index (χ1v) is 45.5. The summed E-state index contributed by atoms with van der Waals surface area (Å²) < 4.78 is 92.5. The molecule has 14 aromatic rings. The van der Waals surface area contributed by atoms with Crippen LogP contribution in [0.15, 0.2) is 233 Å². The van der Waals surface area contributed by atoms with Crippen molar-refractivity contribution in [2.45, 2.75) is 205 Å². The van der Waals surface area contributed by atoms with Crippen LogP contribution < -0.4 is 24.6 Å². The number of rotatable bonds is 40. The minimum absolute atomic E-state index is 0.0450. The van der Waals surface area contributed by atoms with Crippen LogP contribution >= 0.6 is 0 Å². The largest absolute Gasteiger partial charge is 0.508 e. The fourth-order valence-electron chi connectivity index (χ4n) is 14.6. The van der Waals surface area contributed by atoms with E-state index in [0.29, 0.717) is 122 Å². The lowest BCUT2D eigenvalue weighted by atomic mass is 9.97. The Hall–Kier alpha value is -13.8. The molecule has 0 saturated heterocycles. The van der Waals surface area contributed by atoms with Crippen LogP contribution in [0.5, 0.6) is 17.2 Å².